The minimum atomic E-state index is -0.0190. The molecule has 0 unspecified atom stereocenters. The standard InChI is InChI=1S/C16H15NO2/c1-11-5-3-4-6-13(11)12-7-8-15-14(9-12)17(2)16(18)10-19-15/h3-9H,10H2,1-2H3. The highest BCUT2D eigenvalue weighted by molar-refractivity contribution is 5.98. The number of amides is 1. The van der Waals surface area contributed by atoms with E-state index in [1.165, 1.54) is 11.1 Å². The van der Waals surface area contributed by atoms with E-state index in [0.717, 1.165) is 17.0 Å². The summed E-state index contributed by atoms with van der Waals surface area (Å²) in [5.74, 6) is 0.744. The molecule has 19 heavy (non-hydrogen) atoms. The number of nitrogens with zero attached hydrogens (tertiary/aromatic N) is 1. The average molecular weight is 253 g/mol. The molecule has 0 atom stereocenters. The van der Waals surface area contributed by atoms with Gasteiger partial charge in [-0.15, -0.1) is 0 Å². The molecule has 0 radical (unpaired) electrons. The molecule has 1 heterocycles. The van der Waals surface area contributed by atoms with Crippen molar-refractivity contribution in [2.75, 3.05) is 18.6 Å². The summed E-state index contributed by atoms with van der Waals surface area (Å²) in [6, 6.07) is 14.2. The predicted molar refractivity (Wildman–Crippen MR) is 75.5 cm³/mol. The van der Waals surface area contributed by atoms with Gasteiger partial charge in [-0.25, -0.2) is 0 Å². The van der Waals surface area contributed by atoms with Crippen LogP contribution in [0.5, 0.6) is 5.75 Å². The van der Waals surface area contributed by atoms with Gasteiger partial charge in [-0.2, -0.15) is 0 Å². The predicted octanol–water partition coefficient (Wildman–Crippen LogP) is 3.02. The van der Waals surface area contributed by atoms with Crippen molar-refractivity contribution >= 4 is 11.6 Å². The smallest absolute Gasteiger partial charge is 0.264 e. The zero-order valence-corrected chi connectivity index (χ0v) is 11.0. The van der Waals surface area contributed by atoms with E-state index in [1.807, 2.05) is 30.3 Å². The highest BCUT2D eigenvalue weighted by Crippen LogP contribution is 2.35. The fraction of sp³-hybridized carbons (Fsp3) is 0.188. The number of aryl methyl sites for hydroxylation is 1. The van der Waals surface area contributed by atoms with Crippen LogP contribution in [0.25, 0.3) is 11.1 Å². The molecule has 0 fully saturated rings. The summed E-state index contributed by atoms with van der Waals surface area (Å²) in [6.07, 6.45) is 0. The Morgan fingerprint density at radius 3 is 2.74 bits per heavy atom. The zero-order chi connectivity index (χ0) is 13.4. The second-order valence-corrected chi connectivity index (χ2v) is 4.74. The summed E-state index contributed by atoms with van der Waals surface area (Å²) in [6.45, 7) is 2.20. The Bertz CT molecular complexity index is 649. The monoisotopic (exact) mass is 253 g/mol. The molecule has 1 aliphatic heterocycles. The molecule has 2 aromatic rings. The van der Waals surface area contributed by atoms with Gasteiger partial charge in [0.15, 0.2) is 6.61 Å². The minimum absolute atomic E-state index is 0.0190. The van der Waals surface area contributed by atoms with Crippen molar-refractivity contribution < 1.29 is 9.53 Å². The number of anilines is 1. The summed E-state index contributed by atoms with van der Waals surface area (Å²) < 4.78 is 5.44. The molecule has 0 bridgehead atoms. The van der Waals surface area contributed by atoms with Crippen molar-refractivity contribution in [3.8, 4) is 16.9 Å². The second-order valence-electron chi connectivity index (χ2n) is 4.74. The molecule has 1 amide bonds. The Hall–Kier alpha value is -2.29. The third-order valence-corrected chi connectivity index (χ3v) is 3.50. The van der Waals surface area contributed by atoms with Crippen molar-refractivity contribution in [3.63, 3.8) is 0 Å². The lowest BCUT2D eigenvalue weighted by Gasteiger charge is -2.26. The van der Waals surface area contributed by atoms with Crippen LogP contribution in [0.3, 0.4) is 0 Å². The summed E-state index contributed by atoms with van der Waals surface area (Å²) in [5, 5.41) is 0. The van der Waals surface area contributed by atoms with Crippen molar-refractivity contribution in [1.82, 2.24) is 0 Å². The minimum Gasteiger partial charge on any atom is -0.482 e. The van der Waals surface area contributed by atoms with Gasteiger partial charge in [-0.1, -0.05) is 30.3 Å². The van der Waals surface area contributed by atoms with Crippen LogP contribution in [0.2, 0.25) is 0 Å². The molecule has 3 nitrogen and oxygen atoms in total. The van der Waals surface area contributed by atoms with Gasteiger partial charge in [0.1, 0.15) is 5.75 Å². The Morgan fingerprint density at radius 2 is 1.95 bits per heavy atom. The van der Waals surface area contributed by atoms with Crippen LogP contribution in [-0.4, -0.2) is 19.6 Å². The van der Waals surface area contributed by atoms with E-state index < -0.39 is 0 Å². The fourth-order valence-corrected chi connectivity index (χ4v) is 2.34. The van der Waals surface area contributed by atoms with E-state index >= 15 is 0 Å². The van der Waals surface area contributed by atoms with E-state index in [4.69, 9.17) is 4.74 Å². The first-order valence-electron chi connectivity index (χ1n) is 6.26. The second kappa shape index (κ2) is 4.43. The summed E-state index contributed by atoms with van der Waals surface area (Å²) in [7, 11) is 1.78. The molecule has 3 heteroatoms. The lowest BCUT2D eigenvalue weighted by molar-refractivity contribution is -0.120. The van der Waals surface area contributed by atoms with Crippen LogP contribution in [-0.2, 0) is 4.79 Å². The van der Waals surface area contributed by atoms with E-state index in [9.17, 15) is 4.79 Å². The molecule has 2 aromatic carbocycles. The van der Waals surface area contributed by atoms with Crippen LogP contribution >= 0.6 is 0 Å². The molecule has 0 saturated heterocycles. The van der Waals surface area contributed by atoms with Gasteiger partial charge >= 0.3 is 0 Å². The lowest BCUT2D eigenvalue weighted by atomic mass is 9.99. The summed E-state index contributed by atoms with van der Waals surface area (Å²) in [5.41, 5.74) is 4.32. The molecule has 0 spiro atoms. The highest BCUT2D eigenvalue weighted by Gasteiger charge is 2.22. The van der Waals surface area contributed by atoms with Gasteiger partial charge in [0.25, 0.3) is 5.91 Å². The maximum absolute atomic E-state index is 11.7. The van der Waals surface area contributed by atoms with Crippen LogP contribution < -0.4 is 9.64 Å². The zero-order valence-electron chi connectivity index (χ0n) is 11.0. The molecular weight excluding hydrogens is 238 g/mol. The van der Waals surface area contributed by atoms with Crippen LogP contribution in [0.1, 0.15) is 5.56 Å². The normalized spacial score (nSPS) is 14.0. The Balaban J connectivity index is 2.11. The number of fused-ring (bicyclic) bond motifs is 1. The van der Waals surface area contributed by atoms with Crippen LogP contribution in [0.4, 0.5) is 5.69 Å². The molecule has 0 saturated carbocycles. The lowest BCUT2D eigenvalue weighted by Crippen LogP contribution is -2.35. The highest BCUT2D eigenvalue weighted by atomic mass is 16.5. The SMILES string of the molecule is Cc1ccccc1-c1ccc2c(c1)N(C)C(=O)CO2. The first kappa shape index (κ1) is 11.8. The Kier molecular flexibility index (Phi) is 2.75. The Morgan fingerprint density at radius 1 is 1.16 bits per heavy atom. The summed E-state index contributed by atoms with van der Waals surface area (Å²) in [4.78, 5) is 13.3. The maximum Gasteiger partial charge on any atom is 0.264 e. The van der Waals surface area contributed by atoms with Crippen molar-refractivity contribution in [2.45, 2.75) is 6.92 Å². The average Bonchev–Trinajstić information content (AvgIpc) is 2.43. The molecule has 3 rings (SSSR count). The van der Waals surface area contributed by atoms with Crippen molar-refractivity contribution in [2.24, 2.45) is 0 Å². The maximum atomic E-state index is 11.7. The van der Waals surface area contributed by atoms with Gasteiger partial charge in [-0.3, -0.25) is 4.79 Å². The third kappa shape index (κ3) is 1.97. The van der Waals surface area contributed by atoms with Crippen molar-refractivity contribution in [3.05, 3.63) is 48.0 Å². The number of rotatable bonds is 1. The largest absolute Gasteiger partial charge is 0.482 e. The quantitative estimate of drug-likeness (QED) is 0.782. The molecule has 0 aromatic heterocycles. The topological polar surface area (TPSA) is 29.5 Å². The molecule has 0 aliphatic carbocycles. The van der Waals surface area contributed by atoms with Gasteiger partial charge in [0.05, 0.1) is 5.69 Å². The van der Waals surface area contributed by atoms with E-state index in [-0.39, 0.29) is 12.5 Å². The van der Waals surface area contributed by atoms with E-state index in [0.29, 0.717) is 0 Å². The third-order valence-electron chi connectivity index (χ3n) is 3.50. The van der Waals surface area contributed by atoms with Crippen LogP contribution in [0, 0.1) is 6.92 Å². The number of carbonyl (C=O) groups excluding carboxylic acids is 1. The first-order valence-corrected chi connectivity index (χ1v) is 6.26. The first-order chi connectivity index (χ1) is 9.16. The Labute approximate surface area is 112 Å². The number of carbonyl (C=O) groups is 1. The van der Waals surface area contributed by atoms with Gasteiger partial charge in [-0.05, 0) is 35.7 Å². The fourth-order valence-electron chi connectivity index (χ4n) is 2.34. The van der Waals surface area contributed by atoms with Gasteiger partial charge < -0.3 is 9.64 Å². The number of likely N-dealkylation sites (N-methyl/N-ethyl adjacent to an activating group) is 1. The van der Waals surface area contributed by atoms with Gasteiger partial charge in [0, 0.05) is 7.05 Å². The molecular formula is C16H15NO2. The van der Waals surface area contributed by atoms with Crippen LogP contribution in [0.15, 0.2) is 42.5 Å². The molecule has 96 valence electrons. The van der Waals surface area contributed by atoms with E-state index in [1.54, 1.807) is 11.9 Å². The number of hydrogen-bond acceptors (Lipinski definition) is 2. The molecule has 1 aliphatic rings. The van der Waals surface area contributed by atoms with Gasteiger partial charge in [0.2, 0.25) is 0 Å². The number of hydrogen-bond donors (Lipinski definition) is 0. The van der Waals surface area contributed by atoms with E-state index in [2.05, 4.69) is 19.1 Å². The number of ether oxygens (including phenoxy) is 1. The van der Waals surface area contributed by atoms with Crippen molar-refractivity contribution in [1.29, 1.82) is 0 Å². The molecule has 0 N–H and O–H groups in total. The number of benzene rings is 2. The summed E-state index contributed by atoms with van der Waals surface area (Å²) >= 11 is 0.